The molecule has 312 valence electrons. The molecule has 3 aromatic heterocycles. The summed E-state index contributed by atoms with van der Waals surface area (Å²) in [6.45, 7) is 1.92. The zero-order chi connectivity index (χ0) is 43.0. The molecule has 0 amide bonds. The normalized spacial score (nSPS) is 15.0. The largest absolute Gasteiger partial charge is 0.493 e. The summed E-state index contributed by atoms with van der Waals surface area (Å²) in [5, 5.41) is 2.44. The van der Waals surface area contributed by atoms with Gasteiger partial charge >= 0.3 is 17.6 Å². The third-order valence-corrected chi connectivity index (χ3v) is 12.6. The van der Waals surface area contributed by atoms with E-state index in [0.29, 0.717) is 55.6 Å². The highest BCUT2D eigenvalue weighted by Crippen LogP contribution is 2.47. The van der Waals surface area contributed by atoms with Crippen molar-refractivity contribution < 1.29 is 51.2 Å². The SMILES string of the molecule is COc1cc2ccn3c(c(-c4ccc(OC(=O)CSC5(C)C=CC(F)=CC5)c(OC)c4)c4c5cc(OC)c(OC(=O)CSc6ccc(F)cc6)cc5oc(=O)c43)c2cc1OC. The molecule has 4 aromatic carbocycles. The minimum Gasteiger partial charge on any atom is -0.493 e. The van der Waals surface area contributed by atoms with Gasteiger partial charge in [-0.1, -0.05) is 12.1 Å². The van der Waals surface area contributed by atoms with Crippen LogP contribution in [0, 0.1) is 5.82 Å². The van der Waals surface area contributed by atoms with Gasteiger partial charge in [-0.3, -0.25) is 9.59 Å². The summed E-state index contributed by atoms with van der Waals surface area (Å²) in [6.07, 6.45) is 6.82. The molecule has 1 atom stereocenters. The van der Waals surface area contributed by atoms with E-state index in [1.807, 2.05) is 25.1 Å². The lowest BCUT2D eigenvalue weighted by atomic mass is 9.98. The van der Waals surface area contributed by atoms with E-state index in [1.165, 1.54) is 75.2 Å². The van der Waals surface area contributed by atoms with Gasteiger partial charge in [0.15, 0.2) is 34.5 Å². The highest BCUT2D eigenvalue weighted by molar-refractivity contribution is 8.01. The molecule has 0 aliphatic heterocycles. The van der Waals surface area contributed by atoms with Crippen LogP contribution in [0.15, 0.2) is 117 Å². The number of benzene rings is 4. The second-order valence-electron chi connectivity index (χ2n) is 14.1. The van der Waals surface area contributed by atoms with E-state index in [1.54, 1.807) is 60.2 Å². The van der Waals surface area contributed by atoms with Crippen LogP contribution in [0.4, 0.5) is 8.78 Å². The summed E-state index contributed by atoms with van der Waals surface area (Å²) < 4.78 is 68.6. The number of fused-ring (bicyclic) bond motifs is 7. The molecule has 1 unspecified atom stereocenters. The molecule has 1 aliphatic carbocycles. The number of ether oxygens (including phenoxy) is 6. The molecule has 7 aromatic rings. The van der Waals surface area contributed by atoms with Crippen molar-refractivity contribution in [2.75, 3.05) is 39.9 Å². The van der Waals surface area contributed by atoms with Gasteiger partial charge in [-0.15, -0.1) is 23.5 Å². The van der Waals surface area contributed by atoms with Crippen LogP contribution in [-0.2, 0) is 9.59 Å². The van der Waals surface area contributed by atoms with Gasteiger partial charge in [0.05, 0.1) is 45.5 Å². The molecule has 0 saturated heterocycles. The monoisotopic (exact) mass is 865 g/mol. The first-order valence-electron chi connectivity index (χ1n) is 18.8. The van der Waals surface area contributed by atoms with Gasteiger partial charge in [0, 0.05) is 43.6 Å². The van der Waals surface area contributed by atoms with Crippen LogP contribution in [0.3, 0.4) is 0 Å². The van der Waals surface area contributed by atoms with Crippen LogP contribution in [-0.4, -0.2) is 61.0 Å². The van der Waals surface area contributed by atoms with E-state index in [-0.39, 0.29) is 57.2 Å². The number of nitrogens with zero attached hydrogens (tertiary/aromatic N) is 1. The summed E-state index contributed by atoms with van der Waals surface area (Å²) in [5.41, 5.74) is 1.45. The molecule has 1 aliphatic rings. The number of allylic oxidation sites excluding steroid dienone is 3. The molecule has 0 N–H and O–H groups in total. The van der Waals surface area contributed by atoms with E-state index < -0.39 is 22.3 Å². The van der Waals surface area contributed by atoms with Crippen molar-refractivity contribution in [3.8, 4) is 45.6 Å². The highest BCUT2D eigenvalue weighted by Gasteiger charge is 2.28. The van der Waals surface area contributed by atoms with Crippen molar-refractivity contribution in [3.05, 3.63) is 119 Å². The van der Waals surface area contributed by atoms with Gasteiger partial charge in [0.2, 0.25) is 0 Å². The number of rotatable bonds is 13. The average Bonchev–Trinajstić information content (AvgIpc) is 3.62. The Morgan fingerprint density at radius 3 is 2.11 bits per heavy atom. The van der Waals surface area contributed by atoms with Crippen LogP contribution in [0.1, 0.15) is 13.3 Å². The van der Waals surface area contributed by atoms with Gasteiger partial charge in [-0.05, 0) is 97.1 Å². The molecular formula is C46H37F2NO10S2. The van der Waals surface area contributed by atoms with Crippen LogP contribution in [0.2, 0.25) is 0 Å². The number of hydrogen-bond acceptors (Lipinski definition) is 12. The minimum atomic E-state index is -0.673. The molecule has 0 fully saturated rings. The van der Waals surface area contributed by atoms with Crippen LogP contribution < -0.4 is 34.0 Å². The van der Waals surface area contributed by atoms with Crippen molar-refractivity contribution in [2.45, 2.75) is 23.0 Å². The predicted molar refractivity (Wildman–Crippen MR) is 232 cm³/mol. The number of esters is 2. The summed E-state index contributed by atoms with van der Waals surface area (Å²) >= 11 is 2.51. The number of pyridine rings is 1. The van der Waals surface area contributed by atoms with E-state index in [0.717, 1.165) is 5.39 Å². The Morgan fingerprint density at radius 2 is 1.41 bits per heavy atom. The zero-order valence-corrected chi connectivity index (χ0v) is 35.1. The quantitative estimate of drug-likeness (QED) is 0.0474. The summed E-state index contributed by atoms with van der Waals surface area (Å²) in [5.74, 6) is -0.320. The molecule has 3 heterocycles. The maximum atomic E-state index is 14.2. The molecule has 61 heavy (non-hydrogen) atoms. The van der Waals surface area contributed by atoms with E-state index >= 15 is 0 Å². The third kappa shape index (κ3) is 8.10. The van der Waals surface area contributed by atoms with Crippen LogP contribution >= 0.6 is 23.5 Å². The molecular weight excluding hydrogens is 829 g/mol. The summed E-state index contributed by atoms with van der Waals surface area (Å²) in [4.78, 5) is 41.1. The lowest BCUT2D eigenvalue weighted by Crippen LogP contribution is -2.22. The summed E-state index contributed by atoms with van der Waals surface area (Å²) in [6, 6.07) is 19.4. The predicted octanol–water partition coefficient (Wildman–Crippen LogP) is 10.1. The molecule has 0 bridgehead atoms. The molecule has 0 radical (unpaired) electrons. The smallest absolute Gasteiger partial charge is 0.361 e. The van der Waals surface area contributed by atoms with Crippen LogP contribution in [0.25, 0.3) is 49.3 Å². The third-order valence-electron chi connectivity index (χ3n) is 10.2. The first-order chi connectivity index (χ1) is 29.4. The number of methoxy groups -OCH3 is 4. The number of thioether (sulfide) groups is 2. The van der Waals surface area contributed by atoms with Crippen LogP contribution in [0.5, 0.6) is 34.5 Å². The van der Waals surface area contributed by atoms with Gasteiger partial charge in [0.1, 0.15) is 22.7 Å². The van der Waals surface area contributed by atoms with Crippen molar-refractivity contribution >= 4 is 73.6 Å². The number of carbonyl (C=O) groups excluding carboxylic acids is 2. The average molecular weight is 866 g/mol. The van der Waals surface area contributed by atoms with E-state index in [4.69, 9.17) is 32.8 Å². The zero-order valence-electron chi connectivity index (χ0n) is 33.5. The van der Waals surface area contributed by atoms with Gasteiger partial charge in [-0.25, -0.2) is 13.6 Å². The first-order valence-corrected chi connectivity index (χ1v) is 20.7. The Bertz CT molecular complexity index is 3010. The maximum absolute atomic E-state index is 14.2. The Morgan fingerprint density at radius 1 is 0.754 bits per heavy atom. The lowest BCUT2D eigenvalue weighted by Gasteiger charge is -2.25. The fraction of sp³-hybridized carbons (Fsp3) is 0.196. The Kier molecular flexibility index (Phi) is 11.4. The number of halogens is 2. The van der Waals surface area contributed by atoms with Crippen molar-refractivity contribution in [1.82, 2.24) is 4.40 Å². The van der Waals surface area contributed by atoms with E-state index in [2.05, 4.69) is 0 Å². The topological polar surface area (TPSA) is 124 Å². The molecule has 8 rings (SSSR count). The minimum absolute atomic E-state index is 0.00123. The van der Waals surface area contributed by atoms with Gasteiger partial charge < -0.3 is 37.2 Å². The number of hydrogen-bond donors (Lipinski definition) is 0. The van der Waals surface area contributed by atoms with Gasteiger partial charge in [0.25, 0.3) is 0 Å². The lowest BCUT2D eigenvalue weighted by molar-refractivity contribution is -0.132. The second-order valence-corrected chi connectivity index (χ2v) is 16.7. The second kappa shape index (κ2) is 16.9. The molecule has 15 heteroatoms. The molecule has 11 nitrogen and oxygen atoms in total. The number of aromatic nitrogens is 1. The van der Waals surface area contributed by atoms with E-state index in [9.17, 15) is 23.2 Å². The maximum Gasteiger partial charge on any atom is 0.361 e. The first kappa shape index (κ1) is 41.3. The number of carbonyl (C=O) groups is 2. The fourth-order valence-electron chi connectivity index (χ4n) is 7.26. The van der Waals surface area contributed by atoms with Crippen molar-refractivity contribution in [3.63, 3.8) is 0 Å². The Hall–Kier alpha value is -6.45. The summed E-state index contributed by atoms with van der Waals surface area (Å²) in [7, 11) is 5.97. The molecule has 0 saturated carbocycles. The Balaban J connectivity index is 1.26. The highest BCUT2D eigenvalue weighted by atomic mass is 32.2. The van der Waals surface area contributed by atoms with Gasteiger partial charge in [-0.2, -0.15) is 0 Å². The van der Waals surface area contributed by atoms with Crippen molar-refractivity contribution in [1.29, 1.82) is 0 Å². The Labute approximate surface area is 355 Å². The van der Waals surface area contributed by atoms with Crippen molar-refractivity contribution in [2.24, 2.45) is 0 Å². The molecule has 0 spiro atoms. The standard InChI is InChI=1S/C46H37F2NO10S2/c1-46(15-12-28(48)13-16-46)61-24-40(51)57-32-11-6-26(19-34(32)53-2)41-42-31-21-37(56-5)38(58-39(50)23-60-29-9-7-27(47)8-10-29)22-33(31)59-45(52)44(42)49-17-14-25-18-35(54-3)36(55-4)20-30(25)43(41)49/h6-15,17-22H,16,23-24H2,1-5H3. The fourth-order valence-corrected chi connectivity index (χ4v) is 8.80.